The molecule has 1 aromatic carbocycles. The number of benzene rings is 1. The number of amides is 2. The van der Waals surface area contributed by atoms with Gasteiger partial charge in [-0.2, -0.15) is 0 Å². The Balaban J connectivity index is 2.11. The molecule has 1 atom stereocenters. The average molecular weight is 251 g/mol. The van der Waals surface area contributed by atoms with Crippen molar-refractivity contribution in [3.63, 3.8) is 0 Å². The summed E-state index contributed by atoms with van der Waals surface area (Å²) in [5.74, 6) is 0.0212. The van der Waals surface area contributed by atoms with Crippen LogP contribution in [-0.4, -0.2) is 39.5 Å². The summed E-state index contributed by atoms with van der Waals surface area (Å²) < 4.78 is 10.9. The van der Waals surface area contributed by atoms with E-state index in [1.54, 1.807) is 30.5 Å². The van der Waals surface area contributed by atoms with Crippen molar-refractivity contribution in [2.24, 2.45) is 0 Å². The molecule has 0 fully saturated rings. The minimum atomic E-state index is -0.888. The van der Waals surface area contributed by atoms with Crippen molar-refractivity contribution >= 4 is 22.6 Å². The van der Waals surface area contributed by atoms with Gasteiger partial charge in [-0.15, -0.1) is 0 Å². The molecule has 0 saturated heterocycles. The van der Waals surface area contributed by atoms with Crippen molar-refractivity contribution in [3.05, 3.63) is 35.4 Å². The highest BCUT2D eigenvalue weighted by atomic mass is 32.2. The fourth-order valence-electron chi connectivity index (χ4n) is 1.87. The Kier molecular flexibility index (Phi) is 3.38. The zero-order chi connectivity index (χ0) is 12.4. The molecule has 0 radical (unpaired) electrons. The first-order chi connectivity index (χ1) is 8.11. The summed E-state index contributed by atoms with van der Waals surface area (Å²) in [4.78, 5) is 25.1. The van der Waals surface area contributed by atoms with E-state index in [-0.39, 0.29) is 11.8 Å². The third kappa shape index (κ3) is 2.29. The van der Waals surface area contributed by atoms with Gasteiger partial charge in [0.2, 0.25) is 0 Å². The number of carbonyl (C=O) groups is 2. The predicted octanol–water partition coefficient (Wildman–Crippen LogP) is 1.05. The van der Waals surface area contributed by atoms with Gasteiger partial charge in [-0.1, -0.05) is 12.1 Å². The van der Waals surface area contributed by atoms with Crippen molar-refractivity contribution in [3.8, 4) is 0 Å². The first-order valence-electron chi connectivity index (χ1n) is 5.36. The van der Waals surface area contributed by atoms with Crippen LogP contribution < -0.4 is 0 Å². The molecule has 0 spiro atoms. The SMILES string of the molecule is C[S@@](=O)CCCN1C(=O)c2ccccc2C1=O. The third-order valence-electron chi connectivity index (χ3n) is 2.69. The van der Waals surface area contributed by atoms with Crippen molar-refractivity contribution in [1.82, 2.24) is 4.90 Å². The second kappa shape index (κ2) is 4.79. The van der Waals surface area contributed by atoms with Crippen LogP contribution in [0.4, 0.5) is 0 Å². The number of rotatable bonds is 4. The second-order valence-corrected chi connectivity index (χ2v) is 5.49. The smallest absolute Gasteiger partial charge is 0.261 e. The van der Waals surface area contributed by atoms with Gasteiger partial charge < -0.3 is 0 Å². The van der Waals surface area contributed by atoms with E-state index in [4.69, 9.17) is 0 Å². The minimum absolute atomic E-state index is 0.243. The van der Waals surface area contributed by atoms with Gasteiger partial charge in [-0.25, -0.2) is 0 Å². The molecule has 1 heterocycles. The maximum atomic E-state index is 11.9. The number of hydrogen-bond donors (Lipinski definition) is 0. The molecule has 90 valence electrons. The lowest BCUT2D eigenvalue weighted by Gasteiger charge is -2.12. The van der Waals surface area contributed by atoms with E-state index < -0.39 is 10.8 Å². The molecule has 0 N–H and O–H groups in total. The van der Waals surface area contributed by atoms with E-state index >= 15 is 0 Å². The van der Waals surface area contributed by atoms with Gasteiger partial charge in [0, 0.05) is 29.4 Å². The van der Waals surface area contributed by atoms with E-state index in [0.29, 0.717) is 29.8 Å². The van der Waals surface area contributed by atoms with Crippen LogP contribution in [0.15, 0.2) is 24.3 Å². The number of fused-ring (bicyclic) bond motifs is 1. The molecule has 4 nitrogen and oxygen atoms in total. The maximum absolute atomic E-state index is 11.9. The van der Waals surface area contributed by atoms with Crippen LogP contribution in [0.1, 0.15) is 27.1 Å². The first-order valence-corrected chi connectivity index (χ1v) is 7.09. The van der Waals surface area contributed by atoms with Gasteiger partial charge in [0.15, 0.2) is 0 Å². The molecule has 0 bridgehead atoms. The zero-order valence-corrected chi connectivity index (χ0v) is 10.3. The number of imide groups is 1. The Hall–Kier alpha value is -1.49. The largest absolute Gasteiger partial charge is 0.274 e. The van der Waals surface area contributed by atoms with E-state index in [1.807, 2.05) is 0 Å². The van der Waals surface area contributed by atoms with Gasteiger partial charge in [0.1, 0.15) is 0 Å². The lowest BCUT2D eigenvalue weighted by atomic mass is 10.1. The molecule has 0 aromatic heterocycles. The number of hydrogen-bond acceptors (Lipinski definition) is 3. The Morgan fingerprint density at radius 1 is 1.12 bits per heavy atom. The van der Waals surface area contributed by atoms with Gasteiger partial charge in [0.05, 0.1) is 11.1 Å². The molecule has 0 saturated carbocycles. The highest BCUT2D eigenvalue weighted by Crippen LogP contribution is 2.22. The topological polar surface area (TPSA) is 54.5 Å². The van der Waals surface area contributed by atoms with Crippen LogP contribution >= 0.6 is 0 Å². The van der Waals surface area contributed by atoms with Crippen molar-refractivity contribution in [2.75, 3.05) is 18.6 Å². The van der Waals surface area contributed by atoms with E-state index in [2.05, 4.69) is 0 Å². The summed E-state index contributed by atoms with van der Waals surface area (Å²) in [6.45, 7) is 0.339. The molecule has 1 aromatic rings. The predicted molar refractivity (Wildman–Crippen MR) is 65.4 cm³/mol. The maximum Gasteiger partial charge on any atom is 0.261 e. The van der Waals surface area contributed by atoms with E-state index in [1.165, 1.54) is 4.90 Å². The van der Waals surface area contributed by atoms with Gasteiger partial charge in [-0.05, 0) is 18.6 Å². The van der Waals surface area contributed by atoms with Crippen molar-refractivity contribution in [2.45, 2.75) is 6.42 Å². The van der Waals surface area contributed by atoms with E-state index in [9.17, 15) is 13.8 Å². The van der Waals surface area contributed by atoms with Crippen LogP contribution in [0.3, 0.4) is 0 Å². The summed E-state index contributed by atoms with van der Waals surface area (Å²) in [5, 5.41) is 0. The van der Waals surface area contributed by atoms with Crippen molar-refractivity contribution < 1.29 is 13.8 Å². The highest BCUT2D eigenvalue weighted by molar-refractivity contribution is 7.84. The summed E-state index contributed by atoms with van der Waals surface area (Å²) in [5.41, 5.74) is 0.935. The van der Waals surface area contributed by atoms with Gasteiger partial charge in [0.25, 0.3) is 11.8 Å². The third-order valence-corrected chi connectivity index (χ3v) is 3.56. The fraction of sp³-hybridized carbons (Fsp3) is 0.333. The summed E-state index contributed by atoms with van der Waals surface area (Å²) in [7, 11) is -0.888. The molecular weight excluding hydrogens is 238 g/mol. The van der Waals surface area contributed by atoms with E-state index in [0.717, 1.165) is 0 Å². The molecule has 2 rings (SSSR count). The lowest BCUT2D eigenvalue weighted by molar-refractivity contribution is 0.0654. The first kappa shape index (κ1) is 12.0. The van der Waals surface area contributed by atoms with Crippen LogP contribution in [0.2, 0.25) is 0 Å². The molecule has 1 aliphatic rings. The Morgan fingerprint density at radius 3 is 2.12 bits per heavy atom. The molecule has 5 heteroatoms. The minimum Gasteiger partial charge on any atom is -0.274 e. The fourth-order valence-corrected chi connectivity index (χ4v) is 2.40. The molecule has 2 amide bonds. The molecule has 1 aliphatic heterocycles. The van der Waals surface area contributed by atoms with Crippen LogP contribution in [-0.2, 0) is 10.8 Å². The summed E-state index contributed by atoms with van der Waals surface area (Å²) in [6, 6.07) is 6.81. The Bertz CT molecular complexity index is 463. The number of carbonyl (C=O) groups excluding carboxylic acids is 2. The average Bonchev–Trinajstić information content (AvgIpc) is 2.54. The summed E-state index contributed by atoms with van der Waals surface area (Å²) >= 11 is 0. The second-order valence-electron chi connectivity index (χ2n) is 3.94. The highest BCUT2D eigenvalue weighted by Gasteiger charge is 2.34. The Labute approximate surface area is 102 Å². The van der Waals surface area contributed by atoms with Crippen LogP contribution in [0.5, 0.6) is 0 Å². The standard InChI is InChI=1S/C12H13NO3S/c1-17(16)8-4-7-13-11(14)9-5-2-3-6-10(9)12(13)15/h2-3,5-6H,4,7-8H2,1H3/t17-/m1/s1. The van der Waals surface area contributed by atoms with Gasteiger partial charge in [-0.3, -0.25) is 18.7 Å². The zero-order valence-electron chi connectivity index (χ0n) is 9.51. The van der Waals surface area contributed by atoms with Crippen molar-refractivity contribution in [1.29, 1.82) is 0 Å². The normalized spacial score (nSPS) is 16.2. The van der Waals surface area contributed by atoms with Crippen LogP contribution in [0.25, 0.3) is 0 Å². The Morgan fingerprint density at radius 2 is 1.65 bits per heavy atom. The molecule has 17 heavy (non-hydrogen) atoms. The number of nitrogens with zero attached hydrogens (tertiary/aromatic N) is 1. The molecular formula is C12H13NO3S. The summed E-state index contributed by atoms with van der Waals surface area (Å²) in [6.07, 6.45) is 2.19. The quantitative estimate of drug-likeness (QED) is 0.752. The lowest BCUT2D eigenvalue weighted by Crippen LogP contribution is -2.31. The van der Waals surface area contributed by atoms with Crippen LogP contribution in [0, 0.1) is 0 Å². The molecule has 0 unspecified atom stereocenters. The molecule has 0 aliphatic carbocycles. The monoisotopic (exact) mass is 251 g/mol. The van der Waals surface area contributed by atoms with Gasteiger partial charge >= 0.3 is 0 Å².